The summed E-state index contributed by atoms with van der Waals surface area (Å²) in [6, 6.07) is 26.0. The van der Waals surface area contributed by atoms with E-state index in [1.54, 1.807) is 91.0 Å². The third-order valence-electron chi connectivity index (χ3n) is 5.84. The molecular formula is C30H31N4O7. The summed E-state index contributed by atoms with van der Waals surface area (Å²) in [5.74, 6) is -4.31. The van der Waals surface area contributed by atoms with Crippen LogP contribution in [0.1, 0.15) is 29.5 Å². The molecule has 213 valence electrons. The summed E-state index contributed by atoms with van der Waals surface area (Å²) >= 11 is 0. The Kier molecular flexibility index (Phi) is 11.4. The van der Waals surface area contributed by atoms with E-state index in [2.05, 4.69) is 10.6 Å². The average Bonchev–Trinajstić information content (AvgIpc) is 3.00. The molecule has 0 aromatic heterocycles. The average molecular weight is 560 g/mol. The van der Waals surface area contributed by atoms with Crippen LogP contribution in [0.4, 0.5) is 4.79 Å². The van der Waals surface area contributed by atoms with E-state index in [0.717, 1.165) is 0 Å². The second kappa shape index (κ2) is 15.4. The van der Waals surface area contributed by atoms with Crippen LogP contribution in [-0.4, -0.2) is 41.9 Å². The Balaban J connectivity index is 1.86. The Morgan fingerprint density at radius 3 is 1.68 bits per heavy atom. The highest BCUT2D eigenvalue weighted by molar-refractivity contribution is 6.42. The van der Waals surface area contributed by atoms with Crippen molar-refractivity contribution in [3.05, 3.63) is 108 Å². The lowest BCUT2D eigenvalue weighted by atomic mass is 9.88. The second-order valence-electron chi connectivity index (χ2n) is 8.91. The Labute approximate surface area is 237 Å². The molecule has 1 atom stereocenters. The molecule has 11 nitrogen and oxygen atoms in total. The fraction of sp³-hybridized carbons (Fsp3) is 0.233. The molecule has 0 aliphatic carbocycles. The molecule has 1 radical (unpaired) electrons. The number of nitrogens with one attached hydrogen (secondary N) is 2. The highest BCUT2D eigenvalue weighted by Gasteiger charge is 2.54. The SMILES string of the molecule is N=C(N)NCCC[C@@]([N]C(=O)OCc1ccccc1)(C(=O)OCc1ccccc1)C(=O)C(=O)OCc1ccccc1. The van der Waals surface area contributed by atoms with Gasteiger partial charge in [0, 0.05) is 6.54 Å². The zero-order valence-electron chi connectivity index (χ0n) is 22.3. The first kappa shape index (κ1) is 30.4. The van der Waals surface area contributed by atoms with E-state index >= 15 is 0 Å². The van der Waals surface area contributed by atoms with Crippen molar-refractivity contribution in [2.24, 2.45) is 5.73 Å². The number of rotatable bonds is 14. The first-order chi connectivity index (χ1) is 19.8. The standard InChI is InChI=1S/C30H31N4O7/c31-28(32)33-18-10-17-30(27(37)40-20-23-13-6-2-7-14-23,34-29(38)41-21-24-15-8-3-9-16-24)25(35)26(36)39-19-22-11-4-1-5-12-22/h1-9,11-16H,10,17-21H2,(H4,31,32,33)/t30-/m0/s1. The molecule has 11 heteroatoms. The van der Waals surface area contributed by atoms with Crippen molar-refractivity contribution in [3.8, 4) is 0 Å². The number of esters is 2. The molecule has 3 aromatic carbocycles. The normalized spacial score (nSPS) is 11.8. The van der Waals surface area contributed by atoms with Crippen LogP contribution < -0.4 is 16.4 Å². The van der Waals surface area contributed by atoms with Crippen LogP contribution in [0.15, 0.2) is 91.0 Å². The largest absolute Gasteiger partial charge is 0.459 e. The Hall–Kier alpha value is -5.19. The molecule has 0 saturated heterocycles. The van der Waals surface area contributed by atoms with Gasteiger partial charge in [0.05, 0.1) is 0 Å². The van der Waals surface area contributed by atoms with Crippen molar-refractivity contribution in [2.45, 2.75) is 38.2 Å². The van der Waals surface area contributed by atoms with Gasteiger partial charge in [-0.1, -0.05) is 91.0 Å². The van der Waals surface area contributed by atoms with Gasteiger partial charge in [-0.15, -0.1) is 0 Å². The minimum Gasteiger partial charge on any atom is -0.459 e. The third-order valence-corrected chi connectivity index (χ3v) is 5.84. The van der Waals surface area contributed by atoms with Crippen LogP contribution in [0.5, 0.6) is 0 Å². The van der Waals surface area contributed by atoms with Crippen LogP contribution in [0.3, 0.4) is 0 Å². The number of hydrogen-bond acceptors (Lipinski definition) is 8. The molecule has 0 fully saturated rings. The van der Waals surface area contributed by atoms with E-state index in [-0.39, 0.29) is 38.7 Å². The van der Waals surface area contributed by atoms with Crippen LogP contribution in [0.2, 0.25) is 0 Å². The van der Waals surface area contributed by atoms with E-state index < -0.39 is 35.8 Å². The van der Waals surface area contributed by atoms with E-state index in [4.69, 9.17) is 25.4 Å². The minimum absolute atomic E-state index is 0.00713. The molecule has 0 aliphatic rings. The third kappa shape index (κ3) is 9.50. The van der Waals surface area contributed by atoms with E-state index in [1.165, 1.54) is 0 Å². The van der Waals surface area contributed by atoms with Crippen molar-refractivity contribution in [3.63, 3.8) is 0 Å². The number of carbonyl (C=O) groups excluding carboxylic acids is 4. The molecule has 0 heterocycles. The molecule has 4 N–H and O–H groups in total. The van der Waals surface area contributed by atoms with Crippen molar-refractivity contribution in [1.82, 2.24) is 10.6 Å². The molecular weight excluding hydrogens is 528 g/mol. The monoisotopic (exact) mass is 559 g/mol. The number of guanidine groups is 1. The molecule has 1 amide bonds. The second-order valence-corrected chi connectivity index (χ2v) is 8.91. The summed E-state index contributed by atoms with van der Waals surface area (Å²) in [5.41, 5.74) is 4.60. The first-order valence-corrected chi connectivity index (χ1v) is 12.8. The van der Waals surface area contributed by atoms with E-state index in [1.807, 2.05) is 0 Å². The number of hydrogen-bond donors (Lipinski definition) is 3. The number of nitrogens with two attached hydrogens (primary N) is 1. The predicted molar refractivity (Wildman–Crippen MR) is 148 cm³/mol. The molecule has 0 saturated carbocycles. The van der Waals surface area contributed by atoms with Crippen LogP contribution >= 0.6 is 0 Å². The van der Waals surface area contributed by atoms with Crippen LogP contribution in [0.25, 0.3) is 0 Å². The number of Topliss-reactive ketones (excluding diaryl/α,β-unsaturated/α-hetero) is 1. The molecule has 0 unspecified atom stereocenters. The van der Waals surface area contributed by atoms with Gasteiger partial charge in [-0.25, -0.2) is 14.4 Å². The maximum absolute atomic E-state index is 13.6. The van der Waals surface area contributed by atoms with Gasteiger partial charge in [-0.2, -0.15) is 5.32 Å². The molecule has 0 aliphatic heterocycles. The van der Waals surface area contributed by atoms with Gasteiger partial charge in [0.2, 0.25) is 5.54 Å². The predicted octanol–water partition coefficient (Wildman–Crippen LogP) is 2.99. The molecule has 3 aromatic rings. The highest BCUT2D eigenvalue weighted by atomic mass is 16.6. The van der Waals surface area contributed by atoms with Gasteiger partial charge < -0.3 is 25.3 Å². The maximum atomic E-state index is 13.6. The van der Waals surface area contributed by atoms with Gasteiger partial charge in [0.1, 0.15) is 19.8 Å². The van der Waals surface area contributed by atoms with Crippen molar-refractivity contribution in [1.29, 1.82) is 5.41 Å². The number of nitrogens with zero attached hydrogens (tertiary/aromatic N) is 1. The fourth-order valence-electron chi connectivity index (χ4n) is 3.74. The van der Waals surface area contributed by atoms with E-state index in [0.29, 0.717) is 16.7 Å². The van der Waals surface area contributed by atoms with Gasteiger partial charge in [-0.05, 0) is 29.5 Å². The fourth-order valence-corrected chi connectivity index (χ4v) is 3.74. The van der Waals surface area contributed by atoms with Crippen LogP contribution in [-0.2, 0) is 48.4 Å². The smallest absolute Gasteiger partial charge is 0.430 e. The molecule has 3 rings (SSSR count). The highest BCUT2D eigenvalue weighted by Crippen LogP contribution is 2.22. The van der Waals surface area contributed by atoms with Gasteiger partial charge >= 0.3 is 18.0 Å². The van der Waals surface area contributed by atoms with Gasteiger partial charge in [0.15, 0.2) is 5.96 Å². The van der Waals surface area contributed by atoms with E-state index in [9.17, 15) is 19.2 Å². The zero-order valence-corrected chi connectivity index (χ0v) is 22.3. The summed E-state index contributed by atoms with van der Waals surface area (Å²) in [6.45, 7) is -0.625. The summed E-state index contributed by atoms with van der Waals surface area (Å²) in [4.78, 5) is 53.0. The van der Waals surface area contributed by atoms with Crippen molar-refractivity contribution >= 4 is 29.8 Å². The number of ketones is 1. The number of carbonyl (C=O) groups is 4. The minimum atomic E-state index is -2.60. The quantitative estimate of drug-likeness (QED) is 0.0510. The van der Waals surface area contributed by atoms with Crippen LogP contribution in [0, 0.1) is 5.41 Å². The lowest BCUT2D eigenvalue weighted by Crippen LogP contribution is -2.59. The summed E-state index contributed by atoms with van der Waals surface area (Å²) in [6.07, 6.45) is -1.66. The van der Waals surface area contributed by atoms with Crippen molar-refractivity contribution in [2.75, 3.05) is 6.54 Å². The number of amides is 1. The number of benzene rings is 3. The molecule has 0 bridgehead atoms. The Morgan fingerprint density at radius 2 is 1.20 bits per heavy atom. The summed E-state index contributed by atoms with van der Waals surface area (Å²) in [5, 5.41) is 13.7. The lowest BCUT2D eigenvalue weighted by Gasteiger charge is -2.28. The summed E-state index contributed by atoms with van der Waals surface area (Å²) < 4.78 is 15.8. The molecule has 41 heavy (non-hydrogen) atoms. The van der Waals surface area contributed by atoms with Gasteiger partial charge in [0.25, 0.3) is 5.78 Å². The zero-order chi connectivity index (χ0) is 29.5. The van der Waals surface area contributed by atoms with Crippen molar-refractivity contribution < 1.29 is 33.4 Å². The summed E-state index contributed by atoms with van der Waals surface area (Å²) in [7, 11) is 0. The molecule has 0 spiro atoms. The first-order valence-electron chi connectivity index (χ1n) is 12.8. The Bertz CT molecular complexity index is 1320. The topological polar surface area (TPSA) is 172 Å². The Morgan fingerprint density at radius 1 is 0.732 bits per heavy atom. The number of ether oxygens (including phenoxy) is 3. The van der Waals surface area contributed by atoms with Gasteiger partial charge in [-0.3, -0.25) is 10.2 Å². The lowest BCUT2D eigenvalue weighted by molar-refractivity contribution is -0.166. The maximum Gasteiger partial charge on any atom is 0.430 e.